The largest absolute Gasteiger partial charge is 0.336 e. The summed E-state index contributed by atoms with van der Waals surface area (Å²) in [7, 11) is 0. The first kappa shape index (κ1) is 16.8. The van der Waals surface area contributed by atoms with Crippen LogP contribution < -0.4 is 4.90 Å². The summed E-state index contributed by atoms with van der Waals surface area (Å²) in [5, 5.41) is 4.97. The molecule has 134 valence electrons. The third-order valence-corrected chi connectivity index (χ3v) is 4.88. The number of pyridine rings is 1. The molecule has 0 radical (unpaired) electrons. The molecule has 0 N–H and O–H groups in total. The summed E-state index contributed by atoms with van der Waals surface area (Å²) in [4.78, 5) is 19.9. The monoisotopic (exact) mass is 349 g/mol. The highest BCUT2D eigenvalue weighted by Gasteiger charge is 2.30. The Morgan fingerprint density at radius 3 is 2.65 bits per heavy atom. The first-order chi connectivity index (χ1) is 12.7. The van der Waals surface area contributed by atoms with E-state index in [-0.39, 0.29) is 5.91 Å². The first-order valence-electron chi connectivity index (χ1n) is 9.39. The lowest BCUT2D eigenvalue weighted by Gasteiger charge is -2.21. The van der Waals surface area contributed by atoms with E-state index in [1.165, 1.54) is 0 Å². The van der Waals surface area contributed by atoms with Gasteiger partial charge in [0, 0.05) is 23.8 Å². The van der Waals surface area contributed by atoms with Crippen molar-refractivity contribution >= 4 is 22.7 Å². The number of rotatable bonds is 6. The summed E-state index contributed by atoms with van der Waals surface area (Å²) in [5.74, 6) is 0.422. The number of aryl methyl sites for hydroxylation is 1. The number of para-hydroxylation sites is 1. The maximum absolute atomic E-state index is 13.5. The molecule has 3 aromatic rings. The van der Waals surface area contributed by atoms with Gasteiger partial charge in [-0.15, -0.1) is 0 Å². The predicted octanol–water partition coefficient (Wildman–Crippen LogP) is 4.72. The smallest absolute Gasteiger partial charge is 0.259 e. The molecule has 0 atom stereocenters. The molecule has 4 rings (SSSR count). The number of hydrogen-bond acceptors (Lipinski definition) is 4. The molecule has 5 nitrogen and oxygen atoms in total. The van der Waals surface area contributed by atoms with Gasteiger partial charge < -0.3 is 9.42 Å². The summed E-state index contributed by atoms with van der Waals surface area (Å²) in [6, 6.07) is 11.7. The number of nitrogens with zero attached hydrogens (tertiary/aromatic N) is 3. The number of carbonyl (C=O) groups excluding carboxylic acids is 1. The molecule has 0 unspecified atom stereocenters. The highest BCUT2D eigenvalue weighted by molar-refractivity contribution is 6.13. The van der Waals surface area contributed by atoms with Gasteiger partial charge in [-0.05, 0) is 44.4 Å². The van der Waals surface area contributed by atoms with Crippen LogP contribution in [0.2, 0.25) is 0 Å². The van der Waals surface area contributed by atoms with E-state index in [9.17, 15) is 4.79 Å². The molecule has 2 aromatic heterocycles. The molecule has 0 spiro atoms. The predicted molar refractivity (Wildman–Crippen MR) is 102 cm³/mol. The van der Waals surface area contributed by atoms with Crippen molar-refractivity contribution in [2.45, 2.75) is 45.4 Å². The van der Waals surface area contributed by atoms with Crippen molar-refractivity contribution in [1.82, 2.24) is 10.1 Å². The second-order valence-corrected chi connectivity index (χ2v) is 6.81. The van der Waals surface area contributed by atoms with Crippen LogP contribution in [0.1, 0.15) is 60.8 Å². The van der Waals surface area contributed by atoms with Crippen LogP contribution in [0.25, 0.3) is 11.1 Å². The molecule has 0 saturated heterocycles. The maximum Gasteiger partial charge on any atom is 0.259 e. The highest BCUT2D eigenvalue weighted by Crippen LogP contribution is 2.41. The number of carbonyl (C=O) groups is 1. The Morgan fingerprint density at radius 2 is 2.00 bits per heavy atom. The standard InChI is InChI=1S/C21H23N3O2/c1-3-8-17-19-16(13-18(14-11-12-14)22-20(19)26-23-17)21(25)24(4-2)15-9-6-5-7-10-15/h5-7,9-10,13-14H,3-4,8,11-12H2,1-2H3. The number of aromatic nitrogens is 2. The Hall–Kier alpha value is -2.69. The molecule has 1 amide bonds. The van der Waals surface area contributed by atoms with E-state index >= 15 is 0 Å². The van der Waals surface area contributed by atoms with Crippen molar-refractivity contribution in [3.63, 3.8) is 0 Å². The van der Waals surface area contributed by atoms with Gasteiger partial charge in [0.05, 0.1) is 16.6 Å². The van der Waals surface area contributed by atoms with Gasteiger partial charge in [0.2, 0.25) is 0 Å². The van der Waals surface area contributed by atoms with Gasteiger partial charge in [-0.1, -0.05) is 36.7 Å². The quantitative estimate of drug-likeness (QED) is 0.646. The van der Waals surface area contributed by atoms with Gasteiger partial charge >= 0.3 is 0 Å². The lowest BCUT2D eigenvalue weighted by Crippen LogP contribution is -2.31. The fraction of sp³-hybridized carbons (Fsp3) is 0.381. The minimum Gasteiger partial charge on any atom is -0.336 e. The third kappa shape index (κ3) is 2.98. The summed E-state index contributed by atoms with van der Waals surface area (Å²) in [6.07, 6.45) is 3.96. The van der Waals surface area contributed by atoms with Crippen molar-refractivity contribution in [3.05, 3.63) is 53.3 Å². The molecular formula is C21H23N3O2. The number of amides is 1. The lowest BCUT2D eigenvalue weighted by atomic mass is 10.0. The van der Waals surface area contributed by atoms with Gasteiger partial charge in [0.15, 0.2) is 0 Å². The SMILES string of the molecule is CCCc1noc2nc(C3CC3)cc(C(=O)N(CC)c3ccccc3)c12. The topological polar surface area (TPSA) is 59.2 Å². The minimum atomic E-state index is -0.0199. The number of benzene rings is 1. The van der Waals surface area contributed by atoms with Gasteiger partial charge in [0.25, 0.3) is 11.6 Å². The molecule has 2 heterocycles. The number of hydrogen-bond donors (Lipinski definition) is 0. The van der Waals surface area contributed by atoms with Crippen LogP contribution in [0, 0.1) is 0 Å². The molecule has 0 bridgehead atoms. The zero-order valence-corrected chi connectivity index (χ0v) is 15.2. The molecule has 1 fully saturated rings. The second kappa shape index (κ2) is 6.90. The molecule has 1 aliphatic carbocycles. The molecule has 26 heavy (non-hydrogen) atoms. The van der Waals surface area contributed by atoms with Crippen LogP contribution in [0.3, 0.4) is 0 Å². The van der Waals surface area contributed by atoms with E-state index in [1.807, 2.05) is 43.3 Å². The lowest BCUT2D eigenvalue weighted by molar-refractivity contribution is 0.0989. The molecule has 1 aromatic carbocycles. The Kier molecular flexibility index (Phi) is 4.45. The Labute approximate surface area is 153 Å². The average molecular weight is 349 g/mol. The summed E-state index contributed by atoms with van der Waals surface area (Å²) < 4.78 is 5.50. The van der Waals surface area contributed by atoms with Crippen LogP contribution in [0.15, 0.2) is 40.9 Å². The zero-order valence-electron chi connectivity index (χ0n) is 15.2. The van der Waals surface area contributed by atoms with Crippen LogP contribution in [0.5, 0.6) is 0 Å². The van der Waals surface area contributed by atoms with Crippen molar-refractivity contribution < 1.29 is 9.32 Å². The van der Waals surface area contributed by atoms with E-state index in [4.69, 9.17) is 4.52 Å². The average Bonchev–Trinajstić information content (AvgIpc) is 3.45. The Bertz CT molecular complexity index is 929. The summed E-state index contributed by atoms with van der Waals surface area (Å²) in [5.41, 5.74) is 3.82. The van der Waals surface area contributed by atoms with Crippen molar-refractivity contribution in [3.8, 4) is 0 Å². The fourth-order valence-corrected chi connectivity index (χ4v) is 3.39. The molecule has 1 aliphatic rings. The Morgan fingerprint density at radius 1 is 1.23 bits per heavy atom. The van der Waals surface area contributed by atoms with Gasteiger partial charge in [-0.25, -0.2) is 4.98 Å². The number of fused-ring (bicyclic) bond motifs is 1. The van der Waals surface area contributed by atoms with Crippen LogP contribution in [0.4, 0.5) is 5.69 Å². The zero-order chi connectivity index (χ0) is 18.1. The van der Waals surface area contributed by atoms with Crippen LogP contribution in [-0.2, 0) is 6.42 Å². The normalized spacial score (nSPS) is 13.9. The van der Waals surface area contributed by atoms with E-state index in [2.05, 4.69) is 17.1 Å². The van der Waals surface area contributed by atoms with E-state index < -0.39 is 0 Å². The minimum absolute atomic E-state index is 0.0199. The van der Waals surface area contributed by atoms with E-state index in [1.54, 1.807) is 4.90 Å². The van der Waals surface area contributed by atoms with Gasteiger partial charge in [0.1, 0.15) is 0 Å². The summed E-state index contributed by atoms with van der Waals surface area (Å²) >= 11 is 0. The van der Waals surface area contributed by atoms with Crippen molar-refractivity contribution in [2.24, 2.45) is 0 Å². The highest BCUT2D eigenvalue weighted by atomic mass is 16.5. The molecule has 5 heteroatoms. The molecule has 0 aliphatic heterocycles. The second-order valence-electron chi connectivity index (χ2n) is 6.81. The van der Waals surface area contributed by atoms with Gasteiger partial charge in [-0.3, -0.25) is 4.79 Å². The summed E-state index contributed by atoms with van der Waals surface area (Å²) in [6.45, 7) is 4.68. The van der Waals surface area contributed by atoms with Crippen molar-refractivity contribution in [2.75, 3.05) is 11.4 Å². The van der Waals surface area contributed by atoms with E-state index in [0.717, 1.165) is 48.1 Å². The third-order valence-electron chi connectivity index (χ3n) is 4.88. The Balaban J connectivity index is 1.85. The molecular weight excluding hydrogens is 326 g/mol. The number of anilines is 1. The first-order valence-corrected chi connectivity index (χ1v) is 9.39. The van der Waals surface area contributed by atoms with Gasteiger partial charge in [-0.2, -0.15) is 0 Å². The molecule has 1 saturated carbocycles. The fourth-order valence-electron chi connectivity index (χ4n) is 3.39. The van der Waals surface area contributed by atoms with Crippen molar-refractivity contribution in [1.29, 1.82) is 0 Å². The van der Waals surface area contributed by atoms with Crippen LogP contribution >= 0.6 is 0 Å². The van der Waals surface area contributed by atoms with Crippen LogP contribution in [-0.4, -0.2) is 22.6 Å². The maximum atomic E-state index is 13.5. The van der Waals surface area contributed by atoms with E-state index in [0.29, 0.717) is 23.7 Å².